The Morgan fingerprint density at radius 2 is 1.70 bits per heavy atom. The maximum Gasteiger partial charge on any atom is 0.241 e. The van der Waals surface area contributed by atoms with Crippen molar-refractivity contribution in [3.8, 4) is 0 Å². The summed E-state index contributed by atoms with van der Waals surface area (Å²) in [5.41, 5.74) is 11.0. The summed E-state index contributed by atoms with van der Waals surface area (Å²) in [5, 5.41) is 7.22. The Bertz CT molecular complexity index is 1750. The molecule has 0 aromatic heterocycles. The lowest BCUT2D eigenvalue weighted by molar-refractivity contribution is -0.128. The normalized spacial score (nSPS) is 15.1. The van der Waals surface area contributed by atoms with Gasteiger partial charge in [0.15, 0.2) is 0 Å². The number of anilines is 3. The average molecular weight is 613 g/mol. The van der Waals surface area contributed by atoms with Crippen molar-refractivity contribution in [3.05, 3.63) is 95.3 Å². The number of hydrogen-bond acceptors (Lipinski definition) is 5. The standard InChI is InChI=1S/C35H37FN4O3S/c1-40(35(42)20-38-25-9-13-29-30(19-25)31(36)14-15-32(29)37)21-24-18-26(10-16-33(24)44(43)27-11-12-27)39-34(41)17-8-22-4-2-3-5-28(22)23-6-7-23/h2-5,9-10,13-16,18-19,23,27,38H,6-8,11-12,17,20-21,37H2,1H3,(H,39,41). The molecule has 9 heteroatoms. The molecule has 4 N–H and O–H groups in total. The molecule has 2 saturated carbocycles. The topological polar surface area (TPSA) is 105 Å². The first-order valence-electron chi connectivity index (χ1n) is 15.1. The fraction of sp³-hybridized carbons (Fsp3) is 0.314. The minimum atomic E-state index is -1.18. The van der Waals surface area contributed by atoms with Crippen LogP contribution in [0.1, 0.15) is 54.7 Å². The fourth-order valence-electron chi connectivity index (χ4n) is 5.57. The highest BCUT2D eigenvalue weighted by molar-refractivity contribution is 7.86. The van der Waals surface area contributed by atoms with E-state index in [4.69, 9.17) is 5.73 Å². The molecule has 4 aromatic rings. The van der Waals surface area contributed by atoms with E-state index in [1.807, 2.05) is 18.2 Å². The number of nitrogens with zero attached hydrogens (tertiary/aromatic N) is 1. The monoisotopic (exact) mass is 612 g/mol. The van der Waals surface area contributed by atoms with Crippen molar-refractivity contribution in [2.24, 2.45) is 0 Å². The van der Waals surface area contributed by atoms with Gasteiger partial charge in [-0.3, -0.25) is 13.8 Å². The number of aryl methyl sites for hydroxylation is 1. The van der Waals surface area contributed by atoms with Crippen LogP contribution in [0.5, 0.6) is 0 Å². The number of nitrogens with one attached hydrogen (secondary N) is 2. The molecule has 0 aliphatic heterocycles. The molecular formula is C35H37FN4O3S. The van der Waals surface area contributed by atoms with Gasteiger partial charge in [0.1, 0.15) is 5.82 Å². The van der Waals surface area contributed by atoms with Crippen LogP contribution in [0.2, 0.25) is 0 Å². The van der Waals surface area contributed by atoms with E-state index in [0.29, 0.717) is 51.5 Å². The van der Waals surface area contributed by atoms with Crippen LogP contribution in [0.4, 0.5) is 21.5 Å². The Balaban J connectivity index is 1.11. The third-order valence-corrected chi connectivity index (χ3v) is 10.3. The molecule has 0 radical (unpaired) electrons. The molecule has 0 heterocycles. The second-order valence-corrected chi connectivity index (χ2v) is 13.5. The van der Waals surface area contributed by atoms with Crippen LogP contribution in [0.15, 0.2) is 77.7 Å². The molecule has 6 rings (SSSR count). The summed E-state index contributed by atoms with van der Waals surface area (Å²) in [6, 6.07) is 21.8. The number of hydrogen-bond donors (Lipinski definition) is 3. The van der Waals surface area contributed by atoms with Crippen molar-refractivity contribution in [1.82, 2.24) is 4.90 Å². The molecule has 228 valence electrons. The van der Waals surface area contributed by atoms with Crippen molar-refractivity contribution in [2.75, 3.05) is 30.0 Å². The van der Waals surface area contributed by atoms with Gasteiger partial charge in [0.25, 0.3) is 0 Å². The number of nitrogens with two attached hydrogens (primary N) is 1. The van der Waals surface area contributed by atoms with Crippen LogP contribution in [0, 0.1) is 5.82 Å². The van der Waals surface area contributed by atoms with Crippen molar-refractivity contribution in [1.29, 1.82) is 0 Å². The highest BCUT2D eigenvalue weighted by atomic mass is 32.2. The van der Waals surface area contributed by atoms with E-state index < -0.39 is 10.8 Å². The number of rotatable bonds is 12. The van der Waals surface area contributed by atoms with E-state index in [-0.39, 0.29) is 36.0 Å². The Morgan fingerprint density at radius 3 is 2.48 bits per heavy atom. The SMILES string of the molecule is CN(Cc1cc(NC(=O)CCc2ccccc2C2CC2)ccc1S(=O)C1CC1)C(=O)CNc1ccc2c(N)ccc(F)c2c1. The summed E-state index contributed by atoms with van der Waals surface area (Å²) in [7, 11) is 0.513. The molecule has 2 fully saturated rings. The van der Waals surface area contributed by atoms with E-state index >= 15 is 0 Å². The zero-order valence-electron chi connectivity index (χ0n) is 24.8. The molecule has 2 aliphatic rings. The molecule has 44 heavy (non-hydrogen) atoms. The number of nitrogen functional groups attached to an aromatic ring is 1. The third-order valence-electron chi connectivity index (χ3n) is 8.36. The Labute approximate surface area is 259 Å². The first kappa shape index (κ1) is 29.8. The Kier molecular flexibility index (Phi) is 8.66. The van der Waals surface area contributed by atoms with E-state index in [9.17, 15) is 18.2 Å². The predicted octanol–water partition coefficient (Wildman–Crippen LogP) is 6.35. The van der Waals surface area contributed by atoms with Crippen molar-refractivity contribution in [2.45, 2.75) is 61.1 Å². The number of halogens is 1. The maximum atomic E-state index is 14.3. The largest absolute Gasteiger partial charge is 0.398 e. The van der Waals surface area contributed by atoms with Gasteiger partial charge in [-0.15, -0.1) is 0 Å². The average Bonchev–Trinajstić information content (AvgIpc) is 3.95. The summed E-state index contributed by atoms with van der Waals surface area (Å²) in [5.74, 6) is -0.0287. The molecule has 4 aromatic carbocycles. The van der Waals surface area contributed by atoms with Gasteiger partial charge in [-0.05, 0) is 97.2 Å². The lowest BCUT2D eigenvalue weighted by atomic mass is 9.99. The van der Waals surface area contributed by atoms with Crippen LogP contribution in [0.25, 0.3) is 10.8 Å². The maximum absolute atomic E-state index is 14.3. The minimum absolute atomic E-state index is 0.00819. The Hall–Kier alpha value is -4.24. The zero-order chi connectivity index (χ0) is 30.8. The quantitative estimate of drug-likeness (QED) is 0.162. The van der Waals surface area contributed by atoms with Gasteiger partial charge in [0, 0.05) is 58.0 Å². The van der Waals surface area contributed by atoms with E-state index in [1.165, 1.54) is 36.1 Å². The van der Waals surface area contributed by atoms with Crippen LogP contribution >= 0.6 is 0 Å². The smallest absolute Gasteiger partial charge is 0.241 e. The number of benzene rings is 4. The number of amides is 2. The lowest BCUT2D eigenvalue weighted by Gasteiger charge is -2.21. The molecule has 7 nitrogen and oxygen atoms in total. The number of carbonyl (C=O) groups excluding carboxylic acids is 2. The van der Waals surface area contributed by atoms with E-state index in [0.717, 1.165) is 18.4 Å². The summed E-state index contributed by atoms with van der Waals surface area (Å²) in [4.78, 5) is 28.3. The molecule has 1 unspecified atom stereocenters. The highest BCUT2D eigenvalue weighted by Gasteiger charge is 2.31. The summed E-state index contributed by atoms with van der Waals surface area (Å²) >= 11 is 0. The summed E-state index contributed by atoms with van der Waals surface area (Å²) < 4.78 is 27.6. The van der Waals surface area contributed by atoms with Gasteiger partial charge < -0.3 is 21.3 Å². The van der Waals surface area contributed by atoms with Gasteiger partial charge >= 0.3 is 0 Å². The molecule has 0 spiro atoms. The second-order valence-electron chi connectivity index (χ2n) is 11.8. The van der Waals surface area contributed by atoms with Crippen LogP contribution in [-0.4, -0.2) is 39.8 Å². The minimum Gasteiger partial charge on any atom is -0.398 e. The second kappa shape index (κ2) is 12.8. The van der Waals surface area contributed by atoms with Gasteiger partial charge in [-0.25, -0.2) is 4.39 Å². The van der Waals surface area contributed by atoms with Crippen molar-refractivity contribution in [3.63, 3.8) is 0 Å². The molecule has 2 aliphatic carbocycles. The lowest BCUT2D eigenvalue weighted by Crippen LogP contribution is -2.32. The van der Waals surface area contributed by atoms with Gasteiger partial charge in [0.05, 0.1) is 17.3 Å². The highest BCUT2D eigenvalue weighted by Crippen LogP contribution is 2.42. The predicted molar refractivity (Wildman–Crippen MR) is 175 cm³/mol. The van der Waals surface area contributed by atoms with Gasteiger partial charge in [-0.2, -0.15) is 0 Å². The number of fused-ring (bicyclic) bond motifs is 1. The van der Waals surface area contributed by atoms with Gasteiger partial charge in [-0.1, -0.05) is 30.3 Å². The Morgan fingerprint density at radius 1 is 0.932 bits per heavy atom. The molecule has 0 saturated heterocycles. The van der Waals surface area contributed by atoms with E-state index in [2.05, 4.69) is 28.8 Å². The van der Waals surface area contributed by atoms with Crippen LogP contribution in [0.3, 0.4) is 0 Å². The first-order chi connectivity index (χ1) is 21.3. The summed E-state index contributed by atoms with van der Waals surface area (Å²) in [6.45, 7) is 0.224. The van der Waals surface area contributed by atoms with E-state index in [1.54, 1.807) is 36.2 Å². The van der Waals surface area contributed by atoms with Crippen LogP contribution in [-0.2, 0) is 33.4 Å². The molecular weight excluding hydrogens is 575 g/mol. The van der Waals surface area contributed by atoms with Crippen molar-refractivity contribution < 1.29 is 18.2 Å². The summed E-state index contributed by atoms with van der Waals surface area (Å²) in [6.07, 6.45) is 5.31. The third kappa shape index (κ3) is 6.94. The number of likely N-dealkylation sites (N-methyl/N-ethyl adjacent to an activating group) is 1. The first-order valence-corrected chi connectivity index (χ1v) is 16.3. The van der Waals surface area contributed by atoms with Crippen molar-refractivity contribution >= 4 is 50.4 Å². The zero-order valence-corrected chi connectivity index (χ0v) is 25.6. The van der Waals surface area contributed by atoms with Crippen LogP contribution < -0.4 is 16.4 Å². The molecule has 1 atom stereocenters. The molecule has 2 amide bonds. The molecule has 0 bridgehead atoms. The number of carbonyl (C=O) groups is 2. The fourth-order valence-corrected chi connectivity index (χ4v) is 7.07. The van der Waals surface area contributed by atoms with Gasteiger partial charge in [0.2, 0.25) is 11.8 Å².